The first-order valence-electron chi connectivity index (χ1n) is 12.7. The number of nitrogens with zero attached hydrogens (tertiary/aromatic N) is 4. The highest BCUT2D eigenvalue weighted by Gasteiger charge is 2.37. The number of halogens is 1. The molecule has 2 aliphatic rings. The topological polar surface area (TPSA) is 105 Å². The van der Waals surface area contributed by atoms with Crippen molar-refractivity contribution in [3.63, 3.8) is 0 Å². The van der Waals surface area contributed by atoms with Crippen molar-refractivity contribution in [1.29, 1.82) is 0 Å². The fourth-order valence-corrected chi connectivity index (χ4v) is 4.61. The van der Waals surface area contributed by atoms with Gasteiger partial charge >= 0.3 is 12.1 Å². The van der Waals surface area contributed by atoms with Crippen molar-refractivity contribution in [3.8, 4) is 11.4 Å². The van der Waals surface area contributed by atoms with Gasteiger partial charge in [-0.2, -0.15) is 0 Å². The van der Waals surface area contributed by atoms with Gasteiger partial charge in [0.15, 0.2) is 0 Å². The molecule has 2 aliphatic heterocycles. The van der Waals surface area contributed by atoms with Gasteiger partial charge in [-0.05, 0) is 24.3 Å². The SMILES string of the molecule is CC.CC.CC.O=C1OCc2c(cc3n(c2=O)Cc2cc4c(Br)cccc4nc2-3)C1OC(=O)n1ccnc1. The van der Waals surface area contributed by atoms with Crippen molar-refractivity contribution in [3.05, 3.63) is 80.6 Å². The second-order valence-electron chi connectivity index (χ2n) is 7.50. The summed E-state index contributed by atoms with van der Waals surface area (Å²) in [6.45, 7) is 12.2. The number of aromatic nitrogens is 4. The highest BCUT2D eigenvalue weighted by atomic mass is 79.9. The minimum absolute atomic E-state index is 0.177. The first-order valence-corrected chi connectivity index (χ1v) is 13.5. The van der Waals surface area contributed by atoms with Crippen molar-refractivity contribution < 1.29 is 19.1 Å². The molecule has 0 fully saturated rings. The van der Waals surface area contributed by atoms with E-state index in [1.54, 1.807) is 10.6 Å². The summed E-state index contributed by atoms with van der Waals surface area (Å²) in [6.07, 6.45) is 1.92. The first-order chi connectivity index (χ1) is 18.5. The van der Waals surface area contributed by atoms with Crippen LogP contribution in [0.5, 0.6) is 0 Å². The quantitative estimate of drug-likeness (QED) is 0.215. The van der Waals surface area contributed by atoms with Gasteiger partial charge in [0.25, 0.3) is 5.56 Å². The number of hydrogen-bond donors (Lipinski definition) is 0. The van der Waals surface area contributed by atoms with Crippen LogP contribution >= 0.6 is 15.9 Å². The van der Waals surface area contributed by atoms with E-state index in [9.17, 15) is 14.4 Å². The number of imidazole rings is 1. The highest BCUT2D eigenvalue weighted by Crippen LogP contribution is 2.37. The van der Waals surface area contributed by atoms with Crippen molar-refractivity contribution >= 4 is 38.9 Å². The van der Waals surface area contributed by atoms with Crippen molar-refractivity contribution in [2.75, 3.05) is 0 Å². The van der Waals surface area contributed by atoms with Gasteiger partial charge in [-0.1, -0.05) is 63.5 Å². The van der Waals surface area contributed by atoms with Gasteiger partial charge in [-0.15, -0.1) is 0 Å². The molecule has 0 saturated heterocycles. The molecule has 10 heteroatoms. The number of esters is 1. The van der Waals surface area contributed by atoms with Gasteiger partial charge in [0.05, 0.1) is 29.0 Å². The van der Waals surface area contributed by atoms with Gasteiger partial charge in [0.2, 0.25) is 6.10 Å². The monoisotopic (exact) mass is 582 g/mol. The fourth-order valence-electron chi connectivity index (χ4n) is 4.14. The van der Waals surface area contributed by atoms with Crippen LogP contribution < -0.4 is 5.56 Å². The molecule has 1 atom stereocenters. The zero-order valence-electron chi connectivity index (χ0n) is 22.3. The zero-order chi connectivity index (χ0) is 28.0. The van der Waals surface area contributed by atoms with Gasteiger partial charge < -0.3 is 14.0 Å². The average Bonchev–Trinajstić information content (AvgIpc) is 3.62. The molecule has 0 spiro atoms. The maximum absolute atomic E-state index is 13.3. The third kappa shape index (κ3) is 5.13. The van der Waals surface area contributed by atoms with Gasteiger partial charge in [-0.3, -0.25) is 4.79 Å². The molecule has 0 N–H and O–H groups in total. The van der Waals surface area contributed by atoms with Crippen LogP contribution in [0.15, 0.2) is 58.3 Å². The van der Waals surface area contributed by atoms with Crippen molar-refractivity contribution in [2.24, 2.45) is 0 Å². The Bertz CT molecular complexity index is 1510. The number of carbonyl (C=O) groups excluding carboxylic acids is 2. The number of cyclic esters (lactones) is 1. The van der Waals surface area contributed by atoms with Crippen LogP contribution in [-0.2, 0) is 27.4 Å². The molecule has 3 aromatic heterocycles. The Morgan fingerprint density at radius 1 is 1.11 bits per heavy atom. The molecule has 6 rings (SSSR count). The molecule has 1 unspecified atom stereocenters. The molecular formula is C28H31BrN4O5. The molecule has 0 bridgehead atoms. The number of benzene rings is 1. The summed E-state index contributed by atoms with van der Waals surface area (Å²) in [6, 6.07) is 9.43. The smallest absolute Gasteiger partial charge is 0.420 e. The Balaban J connectivity index is 0.000000625. The molecule has 0 radical (unpaired) electrons. The normalized spacial score (nSPS) is 14.2. The Hall–Kier alpha value is -3.79. The standard InChI is InChI=1S/C22H13BrN4O5.3C2H6/c23-15-2-1-3-16-13(15)6-11-8-27-17(18(11)25-16)7-12-14(20(27)28)9-31-21(29)19(12)32-22(30)26-5-4-24-10-26;3*1-2/h1-7,10,19H,8-9H2;3*1-2H3. The third-order valence-corrected chi connectivity index (χ3v) is 6.37. The molecule has 1 aromatic carbocycles. The van der Waals surface area contributed by atoms with Crippen LogP contribution in [-0.4, -0.2) is 31.2 Å². The van der Waals surface area contributed by atoms with Gasteiger partial charge in [0.1, 0.15) is 12.9 Å². The Kier molecular flexibility index (Phi) is 9.57. The van der Waals surface area contributed by atoms with Crippen molar-refractivity contribution in [2.45, 2.75) is 60.8 Å². The van der Waals surface area contributed by atoms with Crippen LogP contribution in [0.3, 0.4) is 0 Å². The van der Waals surface area contributed by atoms with E-state index in [-0.39, 0.29) is 17.7 Å². The van der Waals surface area contributed by atoms with Crippen LogP contribution in [0, 0.1) is 0 Å². The van der Waals surface area contributed by atoms with Crippen LogP contribution in [0.1, 0.15) is 64.3 Å². The lowest BCUT2D eigenvalue weighted by Gasteiger charge is -2.24. The van der Waals surface area contributed by atoms with Crippen molar-refractivity contribution in [1.82, 2.24) is 19.1 Å². The van der Waals surface area contributed by atoms with E-state index in [4.69, 9.17) is 14.5 Å². The molecule has 0 saturated carbocycles. The minimum Gasteiger partial charge on any atom is -0.458 e. The zero-order valence-corrected chi connectivity index (χ0v) is 23.9. The van der Waals surface area contributed by atoms with Crippen LogP contribution in [0.4, 0.5) is 4.79 Å². The lowest BCUT2D eigenvalue weighted by molar-refractivity contribution is -0.157. The molecule has 0 aliphatic carbocycles. The summed E-state index contributed by atoms with van der Waals surface area (Å²) in [4.78, 5) is 46.7. The molecule has 9 nitrogen and oxygen atoms in total. The molecular weight excluding hydrogens is 552 g/mol. The Morgan fingerprint density at radius 3 is 2.53 bits per heavy atom. The van der Waals surface area contributed by atoms with E-state index < -0.39 is 18.2 Å². The molecule has 38 heavy (non-hydrogen) atoms. The van der Waals surface area contributed by atoms with E-state index in [1.807, 2.05) is 65.8 Å². The second kappa shape index (κ2) is 12.6. The van der Waals surface area contributed by atoms with E-state index >= 15 is 0 Å². The number of carbonyl (C=O) groups is 2. The Morgan fingerprint density at radius 2 is 1.84 bits per heavy atom. The average molecular weight is 583 g/mol. The fraction of sp³-hybridized carbons (Fsp3) is 0.321. The summed E-state index contributed by atoms with van der Waals surface area (Å²) in [7, 11) is 0. The van der Waals surface area contributed by atoms with Gasteiger partial charge in [0, 0.05) is 33.4 Å². The largest absolute Gasteiger partial charge is 0.458 e. The number of rotatable bonds is 1. The summed E-state index contributed by atoms with van der Waals surface area (Å²) in [5.74, 6) is -0.732. The maximum atomic E-state index is 13.3. The van der Waals surface area contributed by atoms with E-state index in [1.165, 1.54) is 18.7 Å². The second-order valence-corrected chi connectivity index (χ2v) is 8.35. The highest BCUT2D eigenvalue weighted by molar-refractivity contribution is 9.10. The maximum Gasteiger partial charge on any atom is 0.420 e. The Labute approximate surface area is 229 Å². The number of ether oxygens (including phenoxy) is 2. The molecule has 4 aromatic rings. The predicted octanol–water partition coefficient (Wildman–Crippen LogP) is 6.25. The summed E-state index contributed by atoms with van der Waals surface area (Å²) in [5.41, 5.74) is 3.21. The first kappa shape index (κ1) is 28.8. The van der Waals surface area contributed by atoms with Gasteiger partial charge in [-0.25, -0.2) is 24.1 Å². The molecule has 0 amide bonds. The molecule has 5 heterocycles. The molecule has 200 valence electrons. The van der Waals surface area contributed by atoms with E-state index in [0.29, 0.717) is 23.5 Å². The predicted molar refractivity (Wildman–Crippen MR) is 149 cm³/mol. The third-order valence-electron chi connectivity index (χ3n) is 5.68. The lowest BCUT2D eigenvalue weighted by Crippen LogP contribution is -2.34. The number of pyridine rings is 2. The van der Waals surface area contributed by atoms with E-state index in [2.05, 4.69) is 20.9 Å². The lowest BCUT2D eigenvalue weighted by atomic mass is 10.00. The number of hydrogen-bond acceptors (Lipinski definition) is 7. The number of fused-ring (bicyclic) bond motifs is 5. The summed E-state index contributed by atoms with van der Waals surface area (Å²) >= 11 is 3.54. The summed E-state index contributed by atoms with van der Waals surface area (Å²) in [5, 5.41) is 0.947. The van der Waals surface area contributed by atoms with Crippen LogP contribution in [0.2, 0.25) is 0 Å². The summed E-state index contributed by atoms with van der Waals surface area (Å²) < 4.78 is 14.2. The van der Waals surface area contributed by atoms with E-state index in [0.717, 1.165) is 25.5 Å². The van der Waals surface area contributed by atoms with Crippen LogP contribution in [0.25, 0.3) is 22.3 Å². The minimum atomic E-state index is -1.36.